The predicted octanol–water partition coefficient (Wildman–Crippen LogP) is 3.88. The van der Waals surface area contributed by atoms with Gasteiger partial charge in [-0.05, 0) is 35.4 Å². The highest BCUT2D eigenvalue weighted by Crippen LogP contribution is 2.16. The molecule has 110 valence electrons. The number of amides is 1. The van der Waals surface area contributed by atoms with E-state index in [2.05, 4.69) is 6.07 Å². The van der Waals surface area contributed by atoms with E-state index in [0.717, 1.165) is 11.1 Å². The average molecular weight is 311 g/mol. The van der Waals surface area contributed by atoms with Crippen molar-refractivity contribution >= 4 is 23.6 Å². The van der Waals surface area contributed by atoms with Crippen molar-refractivity contribution in [3.63, 3.8) is 0 Å². The van der Waals surface area contributed by atoms with Crippen LogP contribution in [0.4, 0.5) is 0 Å². The van der Waals surface area contributed by atoms with E-state index in [9.17, 15) is 4.79 Å². The summed E-state index contributed by atoms with van der Waals surface area (Å²) in [6, 6.07) is 16.6. The largest absolute Gasteiger partial charge is 0.338 e. The van der Waals surface area contributed by atoms with Crippen LogP contribution in [-0.4, -0.2) is 17.9 Å². The van der Waals surface area contributed by atoms with E-state index >= 15 is 0 Å². The molecule has 22 heavy (non-hydrogen) atoms. The first-order valence-electron chi connectivity index (χ1n) is 6.77. The van der Waals surface area contributed by atoms with Crippen LogP contribution in [0.1, 0.15) is 16.7 Å². The summed E-state index contributed by atoms with van der Waals surface area (Å²) in [5, 5.41) is 9.39. The SMILES string of the molecule is CN(Cc1ccccc1Cl)C(=O)/C=C/c1ccc(C#N)cc1. The Bertz CT molecular complexity index is 729. The lowest BCUT2D eigenvalue weighted by atomic mass is 10.1. The topological polar surface area (TPSA) is 44.1 Å². The molecule has 0 atom stereocenters. The summed E-state index contributed by atoms with van der Waals surface area (Å²) in [4.78, 5) is 13.7. The maximum atomic E-state index is 12.1. The summed E-state index contributed by atoms with van der Waals surface area (Å²) < 4.78 is 0. The second-order valence-corrected chi connectivity index (χ2v) is 5.26. The molecule has 0 saturated carbocycles. The van der Waals surface area contributed by atoms with Crippen LogP contribution in [-0.2, 0) is 11.3 Å². The molecule has 0 saturated heterocycles. The number of hydrogen-bond donors (Lipinski definition) is 0. The van der Waals surface area contributed by atoms with Gasteiger partial charge in [-0.3, -0.25) is 4.79 Å². The van der Waals surface area contributed by atoms with Crippen LogP contribution in [0.15, 0.2) is 54.6 Å². The van der Waals surface area contributed by atoms with Gasteiger partial charge in [0, 0.05) is 24.7 Å². The fourth-order valence-corrected chi connectivity index (χ4v) is 2.12. The average Bonchev–Trinajstić information content (AvgIpc) is 2.55. The minimum absolute atomic E-state index is 0.107. The van der Waals surface area contributed by atoms with Crippen molar-refractivity contribution < 1.29 is 4.79 Å². The number of rotatable bonds is 4. The first-order valence-corrected chi connectivity index (χ1v) is 7.14. The van der Waals surface area contributed by atoms with Crippen molar-refractivity contribution in [1.29, 1.82) is 5.26 Å². The number of benzene rings is 2. The Kier molecular flexibility index (Phi) is 5.35. The maximum Gasteiger partial charge on any atom is 0.246 e. The van der Waals surface area contributed by atoms with Gasteiger partial charge in [0.15, 0.2) is 0 Å². The normalized spacial score (nSPS) is 10.4. The van der Waals surface area contributed by atoms with Crippen molar-refractivity contribution in [2.24, 2.45) is 0 Å². The number of nitriles is 1. The Hall–Kier alpha value is -2.57. The first-order chi connectivity index (χ1) is 10.6. The van der Waals surface area contributed by atoms with E-state index in [-0.39, 0.29) is 5.91 Å². The predicted molar refractivity (Wildman–Crippen MR) is 88.1 cm³/mol. The van der Waals surface area contributed by atoms with Gasteiger partial charge in [-0.1, -0.05) is 41.9 Å². The quantitative estimate of drug-likeness (QED) is 0.804. The smallest absolute Gasteiger partial charge is 0.246 e. The highest BCUT2D eigenvalue weighted by molar-refractivity contribution is 6.31. The zero-order chi connectivity index (χ0) is 15.9. The molecule has 2 rings (SSSR count). The maximum absolute atomic E-state index is 12.1. The minimum atomic E-state index is -0.107. The molecule has 3 nitrogen and oxygen atoms in total. The fraction of sp³-hybridized carbons (Fsp3) is 0.111. The molecule has 2 aromatic carbocycles. The van der Waals surface area contributed by atoms with E-state index < -0.39 is 0 Å². The van der Waals surface area contributed by atoms with Crippen molar-refractivity contribution in [1.82, 2.24) is 4.90 Å². The van der Waals surface area contributed by atoms with Crippen LogP contribution >= 0.6 is 11.6 Å². The number of carbonyl (C=O) groups is 1. The van der Waals surface area contributed by atoms with E-state index in [1.165, 1.54) is 6.08 Å². The van der Waals surface area contributed by atoms with Crippen LogP contribution in [0.2, 0.25) is 5.02 Å². The number of likely N-dealkylation sites (N-methyl/N-ethyl adjacent to an activating group) is 1. The third-order valence-corrected chi connectivity index (χ3v) is 3.57. The summed E-state index contributed by atoms with van der Waals surface area (Å²) in [6.45, 7) is 0.455. The summed E-state index contributed by atoms with van der Waals surface area (Å²) >= 11 is 6.09. The molecule has 0 aliphatic heterocycles. The molecule has 0 aromatic heterocycles. The van der Waals surface area contributed by atoms with Crippen molar-refractivity contribution in [2.45, 2.75) is 6.54 Å². The molecule has 0 bridgehead atoms. The molecule has 0 aliphatic rings. The van der Waals surface area contributed by atoms with E-state index in [0.29, 0.717) is 17.1 Å². The molecule has 0 heterocycles. The molecule has 0 radical (unpaired) electrons. The molecule has 0 unspecified atom stereocenters. The van der Waals surface area contributed by atoms with Crippen LogP contribution in [0.5, 0.6) is 0 Å². The first kappa shape index (κ1) is 15.8. The number of nitrogens with zero attached hydrogens (tertiary/aromatic N) is 2. The van der Waals surface area contributed by atoms with Gasteiger partial charge in [-0.2, -0.15) is 5.26 Å². The lowest BCUT2D eigenvalue weighted by molar-refractivity contribution is -0.125. The van der Waals surface area contributed by atoms with Gasteiger partial charge < -0.3 is 4.90 Å². The molecule has 1 amide bonds. The zero-order valence-corrected chi connectivity index (χ0v) is 12.9. The lowest BCUT2D eigenvalue weighted by Crippen LogP contribution is -2.24. The fourth-order valence-electron chi connectivity index (χ4n) is 1.92. The van der Waals surface area contributed by atoms with Gasteiger partial charge in [0.05, 0.1) is 11.6 Å². The molecule has 0 N–H and O–H groups in total. The van der Waals surface area contributed by atoms with Gasteiger partial charge in [-0.15, -0.1) is 0 Å². The van der Waals surface area contributed by atoms with Crippen molar-refractivity contribution in [2.75, 3.05) is 7.05 Å². The minimum Gasteiger partial charge on any atom is -0.338 e. The van der Waals surface area contributed by atoms with E-state index in [1.54, 1.807) is 42.3 Å². The standard InChI is InChI=1S/C18H15ClN2O/c1-21(13-16-4-2-3-5-17(16)19)18(22)11-10-14-6-8-15(12-20)9-7-14/h2-11H,13H2,1H3/b11-10+. The van der Waals surface area contributed by atoms with Crippen LogP contribution < -0.4 is 0 Å². The Labute approximate surface area is 135 Å². The highest BCUT2D eigenvalue weighted by atomic mass is 35.5. The molecule has 0 fully saturated rings. The highest BCUT2D eigenvalue weighted by Gasteiger charge is 2.07. The number of halogens is 1. The van der Waals surface area contributed by atoms with E-state index in [4.69, 9.17) is 16.9 Å². The molecule has 0 spiro atoms. The van der Waals surface area contributed by atoms with Crippen LogP contribution in [0.25, 0.3) is 6.08 Å². The van der Waals surface area contributed by atoms with Crippen molar-refractivity contribution in [3.05, 3.63) is 76.3 Å². The molecule has 2 aromatic rings. The van der Waals surface area contributed by atoms with Gasteiger partial charge >= 0.3 is 0 Å². The third-order valence-electron chi connectivity index (χ3n) is 3.20. The van der Waals surface area contributed by atoms with Gasteiger partial charge in [0.25, 0.3) is 0 Å². The van der Waals surface area contributed by atoms with Crippen molar-refractivity contribution in [3.8, 4) is 6.07 Å². The van der Waals surface area contributed by atoms with Crippen LogP contribution in [0, 0.1) is 11.3 Å². The molecular weight excluding hydrogens is 296 g/mol. The number of hydrogen-bond acceptors (Lipinski definition) is 2. The zero-order valence-electron chi connectivity index (χ0n) is 12.2. The molecule has 4 heteroatoms. The Morgan fingerprint density at radius 3 is 2.55 bits per heavy atom. The molecular formula is C18H15ClN2O. The second-order valence-electron chi connectivity index (χ2n) is 4.85. The van der Waals surface area contributed by atoms with Gasteiger partial charge in [0.1, 0.15) is 0 Å². The summed E-state index contributed by atoms with van der Waals surface area (Å²) in [7, 11) is 1.73. The van der Waals surface area contributed by atoms with Crippen LogP contribution in [0.3, 0.4) is 0 Å². The molecule has 0 aliphatic carbocycles. The Balaban J connectivity index is 2.00. The lowest BCUT2D eigenvalue weighted by Gasteiger charge is -2.16. The van der Waals surface area contributed by atoms with Gasteiger partial charge in [-0.25, -0.2) is 0 Å². The third kappa shape index (κ3) is 4.21. The van der Waals surface area contributed by atoms with Gasteiger partial charge in [0.2, 0.25) is 5.91 Å². The Morgan fingerprint density at radius 1 is 1.23 bits per heavy atom. The summed E-state index contributed by atoms with van der Waals surface area (Å²) in [5.41, 5.74) is 2.38. The summed E-state index contributed by atoms with van der Waals surface area (Å²) in [6.07, 6.45) is 3.24. The monoisotopic (exact) mass is 310 g/mol. The summed E-state index contributed by atoms with van der Waals surface area (Å²) in [5.74, 6) is -0.107. The Morgan fingerprint density at radius 2 is 1.91 bits per heavy atom. The van der Waals surface area contributed by atoms with E-state index in [1.807, 2.05) is 24.3 Å². The second kappa shape index (κ2) is 7.44. The number of carbonyl (C=O) groups excluding carboxylic acids is 1.